The van der Waals surface area contributed by atoms with E-state index in [1.807, 2.05) is 4.90 Å². The number of nitrogens with one attached hydrogen (secondary N) is 1. The van der Waals surface area contributed by atoms with Gasteiger partial charge in [0, 0.05) is 64.7 Å². The summed E-state index contributed by atoms with van der Waals surface area (Å²) in [5.74, 6) is 0. The predicted molar refractivity (Wildman–Crippen MR) is 107 cm³/mol. The Hall–Kier alpha value is -1.79. The minimum Gasteiger partial charge on any atom is -0.375 e. The van der Waals surface area contributed by atoms with Crippen LogP contribution in [-0.2, 0) is 4.74 Å². The Balaban J connectivity index is 1.31. The number of piperazine rings is 1. The molecule has 1 aromatic carbocycles. The summed E-state index contributed by atoms with van der Waals surface area (Å²) >= 11 is 0. The number of rotatable bonds is 2. The number of amides is 2. The van der Waals surface area contributed by atoms with Crippen LogP contribution in [0.1, 0.15) is 25.7 Å². The summed E-state index contributed by atoms with van der Waals surface area (Å²) in [6.07, 6.45) is 4.16. The van der Waals surface area contributed by atoms with E-state index in [2.05, 4.69) is 45.4 Å². The van der Waals surface area contributed by atoms with Crippen molar-refractivity contribution in [2.45, 2.75) is 37.3 Å². The van der Waals surface area contributed by atoms with Gasteiger partial charge in [0.2, 0.25) is 0 Å². The summed E-state index contributed by atoms with van der Waals surface area (Å²) in [6, 6.07) is 11.4. The number of nitrogens with zero attached hydrogens (tertiary/aromatic N) is 3. The molecule has 1 N–H and O–H groups in total. The molecule has 148 valence electrons. The fraction of sp³-hybridized carbons (Fsp3) is 0.667. The molecule has 1 spiro atoms. The van der Waals surface area contributed by atoms with Gasteiger partial charge in [-0.05, 0) is 37.8 Å². The molecule has 27 heavy (non-hydrogen) atoms. The van der Waals surface area contributed by atoms with Crippen LogP contribution in [-0.4, -0.2) is 80.4 Å². The van der Waals surface area contributed by atoms with Gasteiger partial charge < -0.3 is 19.9 Å². The van der Waals surface area contributed by atoms with Gasteiger partial charge in [0.15, 0.2) is 0 Å². The smallest absolute Gasteiger partial charge is 0.317 e. The Labute approximate surface area is 162 Å². The van der Waals surface area contributed by atoms with Gasteiger partial charge >= 0.3 is 6.03 Å². The largest absolute Gasteiger partial charge is 0.375 e. The minimum atomic E-state index is -0.0238. The predicted octanol–water partition coefficient (Wildman–Crippen LogP) is 2.16. The van der Waals surface area contributed by atoms with Crippen LogP contribution in [0, 0.1) is 0 Å². The number of likely N-dealkylation sites (tertiary alicyclic amines) is 1. The first-order chi connectivity index (χ1) is 13.2. The number of carbonyl (C=O) groups excluding carboxylic acids is 1. The third kappa shape index (κ3) is 4.06. The number of para-hydroxylation sites is 1. The summed E-state index contributed by atoms with van der Waals surface area (Å²) < 4.78 is 6.28. The third-order valence-electron chi connectivity index (χ3n) is 6.59. The quantitative estimate of drug-likeness (QED) is 0.864. The maximum atomic E-state index is 11.9. The average molecular weight is 373 g/mol. The Morgan fingerprint density at radius 3 is 2.44 bits per heavy atom. The highest BCUT2D eigenvalue weighted by Gasteiger charge is 2.42. The van der Waals surface area contributed by atoms with Crippen molar-refractivity contribution in [1.29, 1.82) is 0 Å². The van der Waals surface area contributed by atoms with E-state index >= 15 is 0 Å². The first kappa shape index (κ1) is 18.6. The number of hydrogen-bond donors (Lipinski definition) is 1. The number of benzene rings is 1. The maximum absolute atomic E-state index is 11.9. The van der Waals surface area contributed by atoms with E-state index in [1.165, 1.54) is 5.69 Å². The fourth-order valence-electron chi connectivity index (χ4n) is 4.92. The van der Waals surface area contributed by atoms with Gasteiger partial charge in [0.25, 0.3) is 0 Å². The van der Waals surface area contributed by atoms with Gasteiger partial charge in [0.05, 0.1) is 5.60 Å². The molecule has 2 amide bonds. The second kappa shape index (κ2) is 8.07. The number of anilines is 1. The molecule has 0 radical (unpaired) electrons. The number of hydrogen-bond acceptors (Lipinski definition) is 4. The number of urea groups is 1. The van der Waals surface area contributed by atoms with Crippen LogP contribution in [0.2, 0.25) is 0 Å². The lowest BCUT2D eigenvalue weighted by atomic mass is 9.81. The molecule has 3 heterocycles. The summed E-state index contributed by atoms with van der Waals surface area (Å²) in [4.78, 5) is 18.9. The number of piperidine rings is 1. The minimum absolute atomic E-state index is 0.0238. The molecule has 4 rings (SSSR count). The van der Waals surface area contributed by atoms with Crippen LogP contribution in [0.25, 0.3) is 0 Å². The van der Waals surface area contributed by atoms with Crippen LogP contribution >= 0.6 is 0 Å². The monoisotopic (exact) mass is 372 g/mol. The Bertz CT molecular complexity index is 622. The second-order valence-electron chi connectivity index (χ2n) is 8.08. The van der Waals surface area contributed by atoms with Crippen molar-refractivity contribution < 1.29 is 9.53 Å². The van der Waals surface area contributed by atoms with Crippen LogP contribution in [0.3, 0.4) is 0 Å². The van der Waals surface area contributed by atoms with E-state index in [0.717, 1.165) is 71.6 Å². The van der Waals surface area contributed by atoms with Crippen LogP contribution in [0.4, 0.5) is 10.5 Å². The Morgan fingerprint density at radius 1 is 1.07 bits per heavy atom. The molecule has 3 aliphatic rings. The number of carbonyl (C=O) groups is 1. The first-order valence-electron chi connectivity index (χ1n) is 10.3. The highest BCUT2D eigenvalue weighted by molar-refractivity contribution is 5.73. The lowest BCUT2D eigenvalue weighted by Gasteiger charge is -2.49. The SMILES string of the molecule is CNC(=O)N1CCC2(CC1)C[C@H](N1CCN(c3ccccc3)CC1)CCO2. The van der Waals surface area contributed by atoms with E-state index in [-0.39, 0.29) is 11.6 Å². The van der Waals surface area contributed by atoms with Crippen molar-refractivity contribution in [3.63, 3.8) is 0 Å². The molecule has 3 saturated heterocycles. The highest BCUT2D eigenvalue weighted by atomic mass is 16.5. The van der Waals surface area contributed by atoms with Crippen molar-refractivity contribution in [2.75, 3.05) is 57.8 Å². The lowest BCUT2D eigenvalue weighted by molar-refractivity contribution is -0.129. The molecular formula is C21H32N4O2. The van der Waals surface area contributed by atoms with Crippen molar-refractivity contribution >= 4 is 11.7 Å². The van der Waals surface area contributed by atoms with Gasteiger partial charge in [-0.2, -0.15) is 0 Å². The van der Waals surface area contributed by atoms with E-state index in [4.69, 9.17) is 4.74 Å². The molecule has 1 aromatic rings. The van der Waals surface area contributed by atoms with E-state index in [9.17, 15) is 4.79 Å². The average Bonchev–Trinajstić information content (AvgIpc) is 2.74. The second-order valence-corrected chi connectivity index (χ2v) is 8.08. The molecule has 0 bridgehead atoms. The molecule has 0 aliphatic carbocycles. The molecule has 6 nitrogen and oxygen atoms in total. The third-order valence-corrected chi connectivity index (χ3v) is 6.59. The summed E-state index contributed by atoms with van der Waals surface area (Å²) in [5.41, 5.74) is 1.31. The molecule has 0 saturated carbocycles. The molecule has 3 aliphatic heterocycles. The zero-order chi connectivity index (χ0) is 18.7. The van der Waals surface area contributed by atoms with E-state index < -0.39 is 0 Å². The zero-order valence-electron chi connectivity index (χ0n) is 16.4. The van der Waals surface area contributed by atoms with Gasteiger partial charge in [0.1, 0.15) is 0 Å². The van der Waals surface area contributed by atoms with Crippen LogP contribution < -0.4 is 10.2 Å². The highest BCUT2D eigenvalue weighted by Crippen LogP contribution is 2.37. The van der Waals surface area contributed by atoms with Crippen LogP contribution in [0.15, 0.2) is 30.3 Å². The van der Waals surface area contributed by atoms with Crippen LogP contribution in [0.5, 0.6) is 0 Å². The van der Waals surface area contributed by atoms with E-state index in [1.54, 1.807) is 7.05 Å². The molecule has 1 atom stereocenters. The molecule has 3 fully saturated rings. The molecule has 0 unspecified atom stereocenters. The molecule has 6 heteroatoms. The standard InChI is InChI=1S/C21H32N4O2/c1-22-20(26)25-10-8-21(9-11-25)17-19(7-16-27-21)24-14-12-23(13-15-24)18-5-3-2-4-6-18/h2-6,19H,7-17H2,1H3,(H,22,26)/t19-/m1/s1. The van der Waals surface area contributed by atoms with Gasteiger partial charge in [-0.15, -0.1) is 0 Å². The summed E-state index contributed by atoms with van der Waals surface area (Å²) in [6.45, 7) is 6.89. The van der Waals surface area contributed by atoms with Crippen molar-refractivity contribution in [3.05, 3.63) is 30.3 Å². The van der Waals surface area contributed by atoms with Gasteiger partial charge in [-0.25, -0.2) is 4.79 Å². The lowest BCUT2D eigenvalue weighted by Crippen LogP contribution is -2.58. The normalized spacial score (nSPS) is 26.2. The number of ether oxygens (including phenoxy) is 1. The van der Waals surface area contributed by atoms with Crippen molar-refractivity contribution in [1.82, 2.24) is 15.1 Å². The molecular weight excluding hydrogens is 340 g/mol. The summed E-state index contributed by atoms with van der Waals surface area (Å²) in [7, 11) is 1.70. The zero-order valence-corrected chi connectivity index (χ0v) is 16.4. The van der Waals surface area contributed by atoms with E-state index in [0.29, 0.717) is 6.04 Å². The van der Waals surface area contributed by atoms with Crippen molar-refractivity contribution in [2.24, 2.45) is 0 Å². The molecule has 0 aromatic heterocycles. The maximum Gasteiger partial charge on any atom is 0.317 e. The van der Waals surface area contributed by atoms with Gasteiger partial charge in [-0.3, -0.25) is 4.90 Å². The first-order valence-corrected chi connectivity index (χ1v) is 10.3. The van der Waals surface area contributed by atoms with Crippen molar-refractivity contribution in [3.8, 4) is 0 Å². The Kier molecular flexibility index (Phi) is 5.55. The fourth-order valence-corrected chi connectivity index (χ4v) is 4.92. The van der Waals surface area contributed by atoms with Gasteiger partial charge in [-0.1, -0.05) is 18.2 Å². The topological polar surface area (TPSA) is 48.1 Å². The Morgan fingerprint density at radius 2 is 1.78 bits per heavy atom. The summed E-state index contributed by atoms with van der Waals surface area (Å²) in [5, 5.41) is 2.74.